The Labute approximate surface area is 98.1 Å². The van der Waals surface area contributed by atoms with E-state index in [0.29, 0.717) is 6.61 Å². The third kappa shape index (κ3) is 3.70. The van der Waals surface area contributed by atoms with Gasteiger partial charge in [0.2, 0.25) is 0 Å². The fourth-order valence-electron chi connectivity index (χ4n) is 1.47. The molecule has 2 nitrogen and oxygen atoms in total. The zero-order valence-corrected chi connectivity index (χ0v) is 10.2. The molecule has 1 rings (SSSR count). The minimum Gasteiger partial charge on any atom is -0.493 e. The Balaban J connectivity index is 2.67. The third-order valence-corrected chi connectivity index (χ3v) is 2.54. The predicted molar refractivity (Wildman–Crippen MR) is 68.6 cm³/mol. The molecule has 88 valence electrons. The van der Waals surface area contributed by atoms with Crippen LogP contribution in [0.5, 0.6) is 5.75 Å². The highest BCUT2D eigenvalue weighted by atomic mass is 16.5. The molecule has 1 aromatic carbocycles. The van der Waals surface area contributed by atoms with Gasteiger partial charge < -0.3 is 10.5 Å². The summed E-state index contributed by atoms with van der Waals surface area (Å²) in [5.41, 5.74) is 8.25. The molecule has 0 aromatic heterocycles. The number of hydrogen-bond acceptors (Lipinski definition) is 2. The molecule has 0 heterocycles. The van der Waals surface area contributed by atoms with E-state index >= 15 is 0 Å². The third-order valence-electron chi connectivity index (χ3n) is 2.54. The number of rotatable bonds is 6. The van der Waals surface area contributed by atoms with Gasteiger partial charge in [0.05, 0.1) is 6.61 Å². The van der Waals surface area contributed by atoms with Crippen LogP contribution in [0.3, 0.4) is 0 Å². The molecule has 0 aliphatic heterocycles. The Hall–Kier alpha value is -1.28. The van der Waals surface area contributed by atoms with Gasteiger partial charge in [0, 0.05) is 18.0 Å². The molecule has 0 saturated heterocycles. The monoisotopic (exact) mass is 219 g/mol. The van der Waals surface area contributed by atoms with Gasteiger partial charge in [-0.2, -0.15) is 0 Å². The van der Waals surface area contributed by atoms with E-state index in [4.69, 9.17) is 10.5 Å². The van der Waals surface area contributed by atoms with Crippen molar-refractivity contribution in [1.29, 1.82) is 0 Å². The Morgan fingerprint density at radius 1 is 1.44 bits per heavy atom. The minimum atomic E-state index is 0.0565. The van der Waals surface area contributed by atoms with E-state index in [9.17, 15) is 0 Å². The average Bonchev–Trinajstić information content (AvgIpc) is 2.28. The molecule has 1 atom stereocenters. The molecule has 16 heavy (non-hydrogen) atoms. The standard InChI is InChI=1S/C14H21NO/c1-4-13(15)12-7-5-6-8-14(12)16-10-9-11(2)3/h5-8,13H,2,4,9-10,15H2,1,3H3/t13-/m0/s1. The van der Waals surface area contributed by atoms with Crippen LogP contribution in [0, 0.1) is 0 Å². The molecule has 0 bridgehead atoms. The maximum atomic E-state index is 6.03. The number of benzene rings is 1. The molecule has 0 saturated carbocycles. The number of ether oxygens (including phenoxy) is 1. The summed E-state index contributed by atoms with van der Waals surface area (Å²) in [5.74, 6) is 0.901. The van der Waals surface area contributed by atoms with Crippen molar-refractivity contribution in [2.24, 2.45) is 5.73 Å². The van der Waals surface area contributed by atoms with Crippen LogP contribution in [-0.4, -0.2) is 6.61 Å². The second-order valence-electron chi connectivity index (χ2n) is 4.11. The summed E-state index contributed by atoms with van der Waals surface area (Å²) in [7, 11) is 0. The van der Waals surface area contributed by atoms with Gasteiger partial charge in [0.1, 0.15) is 5.75 Å². The molecule has 1 aromatic rings. The summed E-state index contributed by atoms with van der Waals surface area (Å²) in [5, 5.41) is 0. The van der Waals surface area contributed by atoms with Crippen molar-refractivity contribution in [3.8, 4) is 5.75 Å². The Bertz CT molecular complexity index is 346. The lowest BCUT2D eigenvalue weighted by Crippen LogP contribution is -2.11. The van der Waals surface area contributed by atoms with Crippen LogP contribution in [0.25, 0.3) is 0 Å². The topological polar surface area (TPSA) is 35.2 Å². The lowest BCUT2D eigenvalue weighted by molar-refractivity contribution is 0.316. The average molecular weight is 219 g/mol. The van der Waals surface area contributed by atoms with Crippen LogP contribution in [-0.2, 0) is 0 Å². The summed E-state index contributed by atoms with van der Waals surface area (Å²) in [6.45, 7) is 8.61. The summed E-state index contributed by atoms with van der Waals surface area (Å²) in [4.78, 5) is 0. The van der Waals surface area contributed by atoms with E-state index in [2.05, 4.69) is 13.5 Å². The van der Waals surface area contributed by atoms with Crippen LogP contribution in [0.15, 0.2) is 36.4 Å². The quantitative estimate of drug-likeness (QED) is 0.744. The zero-order valence-electron chi connectivity index (χ0n) is 10.2. The summed E-state index contributed by atoms with van der Waals surface area (Å²) in [6.07, 6.45) is 1.80. The molecule has 0 unspecified atom stereocenters. The first-order valence-corrected chi connectivity index (χ1v) is 5.76. The van der Waals surface area contributed by atoms with Crippen molar-refractivity contribution >= 4 is 0 Å². The molecule has 0 spiro atoms. The number of hydrogen-bond donors (Lipinski definition) is 1. The molecule has 0 aliphatic carbocycles. The summed E-state index contributed by atoms with van der Waals surface area (Å²) in [6, 6.07) is 8.03. The number of para-hydroxylation sites is 1. The number of nitrogens with two attached hydrogens (primary N) is 1. The highest BCUT2D eigenvalue weighted by molar-refractivity contribution is 5.35. The Morgan fingerprint density at radius 3 is 2.75 bits per heavy atom. The maximum absolute atomic E-state index is 6.03. The molecule has 0 radical (unpaired) electrons. The van der Waals surface area contributed by atoms with Gasteiger partial charge in [-0.1, -0.05) is 30.7 Å². The smallest absolute Gasteiger partial charge is 0.124 e. The van der Waals surface area contributed by atoms with E-state index in [0.717, 1.165) is 29.7 Å². The second kappa shape index (κ2) is 6.33. The van der Waals surface area contributed by atoms with Crippen molar-refractivity contribution in [3.05, 3.63) is 42.0 Å². The van der Waals surface area contributed by atoms with E-state index in [1.165, 1.54) is 0 Å². The first-order chi connectivity index (χ1) is 7.65. The minimum absolute atomic E-state index is 0.0565. The highest BCUT2D eigenvalue weighted by Gasteiger charge is 2.09. The van der Waals surface area contributed by atoms with Gasteiger partial charge in [0.25, 0.3) is 0 Å². The van der Waals surface area contributed by atoms with Gasteiger partial charge in [-0.05, 0) is 19.4 Å². The predicted octanol–water partition coefficient (Wildman–Crippen LogP) is 3.44. The van der Waals surface area contributed by atoms with E-state index in [1.807, 2.05) is 31.2 Å². The van der Waals surface area contributed by atoms with E-state index < -0.39 is 0 Å². The van der Waals surface area contributed by atoms with Crippen molar-refractivity contribution < 1.29 is 4.74 Å². The van der Waals surface area contributed by atoms with E-state index in [-0.39, 0.29) is 6.04 Å². The van der Waals surface area contributed by atoms with Crippen LogP contribution < -0.4 is 10.5 Å². The van der Waals surface area contributed by atoms with Gasteiger partial charge in [0.15, 0.2) is 0 Å². The molecule has 0 fully saturated rings. The van der Waals surface area contributed by atoms with E-state index in [1.54, 1.807) is 0 Å². The van der Waals surface area contributed by atoms with Crippen LogP contribution >= 0.6 is 0 Å². The fraction of sp³-hybridized carbons (Fsp3) is 0.429. The Morgan fingerprint density at radius 2 is 2.12 bits per heavy atom. The molecule has 0 amide bonds. The van der Waals surface area contributed by atoms with Crippen molar-refractivity contribution in [3.63, 3.8) is 0 Å². The van der Waals surface area contributed by atoms with Crippen LogP contribution in [0.4, 0.5) is 0 Å². The first-order valence-electron chi connectivity index (χ1n) is 5.76. The van der Waals surface area contributed by atoms with Crippen LogP contribution in [0.1, 0.15) is 38.3 Å². The molecule has 0 aliphatic rings. The summed E-state index contributed by atoms with van der Waals surface area (Å²) < 4.78 is 5.73. The van der Waals surface area contributed by atoms with Crippen LogP contribution in [0.2, 0.25) is 0 Å². The van der Waals surface area contributed by atoms with Gasteiger partial charge >= 0.3 is 0 Å². The molecule has 2 heteroatoms. The molecular weight excluding hydrogens is 198 g/mol. The van der Waals surface area contributed by atoms with Crippen molar-refractivity contribution in [2.75, 3.05) is 6.61 Å². The second-order valence-corrected chi connectivity index (χ2v) is 4.11. The molecular formula is C14H21NO. The maximum Gasteiger partial charge on any atom is 0.124 e. The highest BCUT2D eigenvalue weighted by Crippen LogP contribution is 2.25. The first kappa shape index (κ1) is 12.8. The zero-order chi connectivity index (χ0) is 12.0. The van der Waals surface area contributed by atoms with Gasteiger partial charge in [-0.25, -0.2) is 0 Å². The van der Waals surface area contributed by atoms with Gasteiger partial charge in [-0.3, -0.25) is 0 Å². The lowest BCUT2D eigenvalue weighted by Gasteiger charge is -2.15. The van der Waals surface area contributed by atoms with Gasteiger partial charge in [-0.15, -0.1) is 6.58 Å². The molecule has 2 N–H and O–H groups in total. The van der Waals surface area contributed by atoms with Crippen molar-refractivity contribution in [2.45, 2.75) is 32.7 Å². The normalized spacial score (nSPS) is 12.2. The lowest BCUT2D eigenvalue weighted by atomic mass is 10.0. The SMILES string of the molecule is C=C(C)CCOc1ccccc1[C@@H](N)CC. The largest absolute Gasteiger partial charge is 0.493 e. The fourth-order valence-corrected chi connectivity index (χ4v) is 1.47. The van der Waals surface area contributed by atoms with Crippen molar-refractivity contribution in [1.82, 2.24) is 0 Å². The summed E-state index contributed by atoms with van der Waals surface area (Å²) >= 11 is 0. The Kier molecular flexibility index (Phi) is 5.06.